The standard InChI is InChI=1S/C15H26N2O/c1-12(2)14-8-4-5-9-15(14)17-13(11-18-3)7-6-10-16/h4-5,8-9,12-13,17H,6-7,10-11,16H2,1-3H3. The summed E-state index contributed by atoms with van der Waals surface area (Å²) in [7, 11) is 1.74. The van der Waals surface area contributed by atoms with Crippen LogP contribution in [0.3, 0.4) is 0 Å². The number of hydrogen-bond acceptors (Lipinski definition) is 3. The van der Waals surface area contributed by atoms with Crippen molar-refractivity contribution in [3.05, 3.63) is 29.8 Å². The Labute approximate surface area is 111 Å². The molecule has 0 aliphatic rings. The lowest BCUT2D eigenvalue weighted by Crippen LogP contribution is -2.26. The van der Waals surface area contributed by atoms with E-state index in [-0.39, 0.29) is 0 Å². The van der Waals surface area contributed by atoms with Crippen molar-refractivity contribution in [2.24, 2.45) is 5.73 Å². The van der Waals surface area contributed by atoms with Crippen molar-refractivity contribution in [1.82, 2.24) is 0 Å². The number of rotatable bonds is 8. The van der Waals surface area contributed by atoms with E-state index < -0.39 is 0 Å². The molecule has 0 aromatic heterocycles. The quantitative estimate of drug-likeness (QED) is 0.745. The van der Waals surface area contributed by atoms with Crippen LogP contribution in [0.15, 0.2) is 24.3 Å². The third-order valence-electron chi connectivity index (χ3n) is 3.07. The van der Waals surface area contributed by atoms with Crippen molar-refractivity contribution >= 4 is 5.69 Å². The molecule has 0 amide bonds. The lowest BCUT2D eigenvalue weighted by molar-refractivity contribution is 0.182. The lowest BCUT2D eigenvalue weighted by Gasteiger charge is -2.22. The highest BCUT2D eigenvalue weighted by atomic mass is 16.5. The molecule has 0 spiro atoms. The summed E-state index contributed by atoms with van der Waals surface area (Å²) in [5.74, 6) is 0.520. The number of benzene rings is 1. The highest BCUT2D eigenvalue weighted by molar-refractivity contribution is 5.53. The predicted molar refractivity (Wildman–Crippen MR) is 78.1 cm³/mol. The number of methoxy groups -OCH3 is 1. The number of hydrogen-bond donors (Lipinski definition) is 2. The van der Waals surface area contributed by atoms with Crippen molar-refractivity contribution in [2.45, 2.75) is 38.6 Å². The zero-order valence-corrected chi connectivity index (χ0v) is 11.8. The van der Waals surface area contributed by atoms with Gasteiger partial charge in [-0.3, -0.25) is 0 Å². The third-order valence-corrected chi connectivity index (χ3v) is 3.07. The van der Waals surface area contributed by atoms with E-state index in [4.69, 9.17) is 10.5 Å². The van der Waals surface area contributed by atoms with E-state index in [2.05, 4.69) is 43.4 Å². The van der Waals surface area contributed by atoms with Gasteiger partial charge in [-0.15, -0.1) is 0 Å². The Morgan fingerprint density at radius 1 is 1.28 bits per heavy atom. The molecule has 0 aliphatic heterocycles. The van der Waals surface area contributed by atoms with E-state index >= 15 is 0 Å². The highest BCUT2D eigenvalue weighted by Gasteiger charge is 2.11. The van der Waals surface area contributed by atoms with Gasteiger partial charge < -0.3 is 15.8 Å². The fraction of sp³-hybridized carbons (Fsp3) is 0.600. The van der Waals surface area contributed by atoms with Gasteiger partial charge >= 0.3 is 0 Å². The second-order valence-electron chi connectivity index (χ2n) is 4.97. The average Bonchev–Trinajstić information content (AvgIpc) is 2.36. The number of nitrogens with two attached hydrogens (primary N) is 1. The molecule has 0 saturated carbocycles. The summed E-state index contributed by atoms with van der Waals surface area (Å²) in [5, 5.41) is 3.58. The Bertz CT molecular complexity index is 339. The summed E-state index contributed by atoms with van der Waals surface area (Å²) in [6.07, 6.45) is 2.06. The third kappa shape index (κ3) is 4.67. The van der Waals surface area contributed by atoms with Crippen molar-refractivity contribution in [2.75, 3.05) is 25.6 Å². The molecule has 1 aromatic rings. The predicted octanol–water partition coefficient (Wildman–Crippen LogP) is 2.98. The molecule has 18 heavy (non-hydrogen) atoms. The van der Waals surface area contributed by atoms with Gasteiger partial charge in [0.05, 0.1) is 6.61 Å². The SMILES string of the molecule is COCC(CCCN)Nc1ccccc1C(C)C. The number of anilines is 1. The molecule has 0 saturated heterocycles. The Hall–Kier alpha value is -1.06. The molecule has 1 aromatic carbocycles. The molecule has 0 radical (unpaired) electrons. The Morgan fingerprint density at radius 3 is 2.61 bits per heavy atom. The molecular formula is C15H26N2O. The van der Waals surface area contributed by atoms with Crippen LogP contribution in [0.1, 0.15) is 38.2 Å². The van der Waals surface area contributed by atoms with Gasteiger partial charge in [0.25, 0.3) is 0 Å². The Balaban J connectivity index is 2.73. The molecule has 102 valence electrons. The molecule has 3 N–H and O–H groups in total. The van der Waals surface area contributed by atoms with Gasteiger partial charge in [0.1, 0.15) is 0 Å². The topological polar surface area (TPSA) is 47.3 Å². The molecule has 3 nitrogen and oxygen atoms in total. The van der Waals surface area contributed by atoms with Crippen molar-refractivity contribution in [3.8, 4) is 0 Å². The normalized spacial score (nSPS) is 12.7. The van der Waals surface area contributed by atoms with Gasteiger partial charge in [-0.25, -0.2) is 0 Å². The molecular weight excluding hydrogens is 224 g/mol. The second-order valence-corrected chi connectivity index (χ2v) is 4.97. The van der Waals surface area contributed by atoms with E-state index in [1.54, 1.807) is 7.11 Å². The van der Waals surface area contributed by atoms with Crippen LogP contribution in [0, 0.1) is 0 Å². The van der Waals surface area contributed by atoms with Crippen molar-refractivity contribution < 1.29 is 4.74 Å². The minimum Gasteiger partial charge on any atom is -0.383 e. The second kappa shape index (κ2) is 8.11. The molecule has 1 unspecified atom stereocenters. The lowest BCUT2D eigenvalue weighted by atomic mass is 10.0. The summed E-state index contributed by atoms with van der Waals surface area (Å²) in [6, 6.07) is 8.81. The molecule has 1 rings (SSSR count). The van der Waals surface area contributed by atoms with Crippen LogP contribution in [0.25, 0.3) is 0 Å². The van der Waals surface area contributed by atoms with Gasteiger partial charge in [-0.2, -0.15) is 0 Å². The minimum atomic E-state index is 0.332. The summed E-state index contributed by atoms with van der Waals surface area (Å²) in [5.41, 5.74) is 8.14. The van der Waals surface area contributed by atoms with Crippen molar-refractivity contribution in [1.29, 1.82) is 0 Å². The smallest absolute Gasteiger partial charge is 0.0664 e. The number of nitrogens with one attached hydrogen (secondary N) is 1. The van der Waals surface area contributed by atoms with Crippen LogP contribution in [-0.2, 0) is 4.74 Å². The van der Waals surface area contributed by atoms with Gasteiger partial charge in [-0.05, 0) is 36.9 Å². The average molecular weight is 250 g/mol. The van der Waals surface area contributed by atoms with Gasteiger partial charge in [0.2, 0.25) is 0 Å². The maximum Gasteiger partial charge on any atom is 0.0664 e. The van der Waals surface area contributed by atoms with E-state index in [1.807, 2.05) is 0 Å². The zero-order chi connectivity index (χ0) is 13.4. The summed E-state index contributed by atoms with van der Waals surface area (Å²) < 4.78 is 5.27. The van der Waals surface area contributed by atoms with Gasteiger partial charge in [-0.1, -0.05) is 32.0 Å². The fourth-order valence-corrected chi connectivity index (χ4v) is 2.11. The molecule has 1 atom stereocenters. The summed E-state index contributed by atoms with van der Waals surface area (Å²) in [6.45, 7) is 5.87. The zero-order valence-electron chi connectivity index (χ0n) is 11.8. The van der Waals surface area contributed by atoms with E-state index in [0.717, 1.165) is 19.4 Å². The Kier molecular flexibility index (Phi) is 6.76. The van der Waals surface area contributed by atoms with Crippen LogP contribution in [0.5, 0.6) is 0 Å². The first-order valence-corrected chi connectivity index (χ1v) is 6.73. The Morgan fingerprint density at radius 2 is 2.00 bits per heavy atom. The maximum absolute atomic E-state index is 5.58. The first kappa shape index (κ1) is 15.0. The molecule has 0 aliphatic carbocycles. The number of ether oxygens (including phenoxy) is 1. The maximum atomic E-state index is 5.58. The number of para-hydroxylation sites is 1. The molecule has 3 heteroatoms. The largest absolute Gasteiger partial charge is 0.383 e. The van der Waals surface area contributed by atoms with Gasteiger partial charge in [0, 0.05) is 18.8 Å². The van der Waals surface area contributed by atoms with Crippen LogP contribution in [0.2, 0.25) is 0 Å². The summed E-state index contributed by atoms with van der Waals surface area (Å²) >= 11 is 0. The first-order valence-electron chi connectivity index (χ1n) is 6.73. The highest BCUT2D eigenvalue weighted by Crippen LogP contribution is 2.24. The minimum absolute atomic E-state index is 0.332. The van der Waals surface area contributed by atoms with Crippen LogP contribution >= 0.6 is 0 Å². The van der Waals surface area contributed by atoms with Crippen LogP contribution < -0.4 is 11.1 Å². The monoisotopic (exact) mass is 250 g/mol. The summed E-state index contributed by atoms with van der Waals surface area (Å²) in [4.78, 5) is 0. The molecule has 0 fully saturated rings. The van der Waals surface area contributed by atoms with Crippen LogP contribution in [-0.4, -0.2) is 26.3 Å². The van der Waals surface area contributed by atoms with E-state index in [0.29, 0.717) is 18.6 Å². The van der Waals surface area contributed by atoms with E-state index in [9.17, 15) is 0 Å². The van der Waals surface area contributed by atoms with E-state index in [1.165, 1.54) is 11.3 Å². The molecule has 0 heterocycles. The first-order chi connectivity index (χ1) is 8.69. The van der Waals surface area contributed by atoms with Gasteiger partial charge in [0.15, 0.2) is 0 Å². The fourth-order valence-electron chi connectivity index (χ4n) is 2.11. The molecule has 0 bridgehead atoms. The van der Waals surface area contributed by atoms with Crippen LogP contribution in [0.4, 0.5) is 5.69 Å². The van der Waals surface area contributed by atoms with Crippen molar-refractivity contribution in [3.63, 3.8) is 0 Å².